The zero-order valence-corrected chi connectivity index (χ0v) is 16.1. The van der Waals surface area contributed by atoms with Crippen molar-refractivity contribution in [2.45, 2.75) is 38.6 Å². The number of nitrogens with two attached hydrogens (primary N) is 1. The highest BCUT2D eigenvalue weighted by molar-refractivity contribution is 5.83. The molecule has 2 aliphatic rings. The summed E-state index contributed by atoms with van der Waals surface area (Å²) in [6.07, 6.45) is 1.73. The molecule has 2 aliphatic heterocycles. The van der Waals surface area contributed by atoms with Gasteiger partial charge in [-0.25, -0.2) is 9.78 Å². The lowest BCUT2D eigenvalue weighted by molar-refractivity contribution is -0.120. The van der Waals surface area contributed by atoms with E-state index in [9.17, 15) is 9.59 Å². The zero-order chi connectivity index (χ0) is 19.1. The first-order valence-electron chi connectivity index (χ1n) is 9.17. The number of hydrogen-bond acceptors (Lipinski definition) is 4. The quantitative estimate of drug-likeness (QED) is 0.889. The van der Waals surface area contributed by atoms with Gasteiger partial charge in [0.25, 0.3) is 0 Å². The molecule has 0 spiro atoms. The summed E-state index contributed by atoms with van der Waals surface area (Å²) in [5.41, 5.74) is 6.74. The van der Waals surface area contributed by atoms with Crippen LogP contribution in [-0.2, 0) is 4.79 Å². The molecule has 7 nitrogen and oxygen atoms in total. The minimum absolute atomic E-state index is 0.0319. The van der Waals surface area contributed by atoms with Gasteiger partial charge in [0.05, 0.1) is 0 Å². The fraction of sp³-hybridized carbons (Fsp3) is 0.632. The fourth-order valence-corrected chi connectivity index (χ4v) is 4.02. The maximum absolute atomic E-state index is 12.0. The first-order valence-corrected chi connectivity index (χ1v) is 9.17. The molecule has 2 saturated heterocycles. The van der Waals surface area contributed by atoms with Gasteiger partial charge in [0.2, 0.25) is 5.91 Å². The Hall–Kier alpha value is -2.31. The van der Waals surface area contributed by atoms with Crippen LogP contribution >= 0.6 is 0 Å². The Bertz CT molecular complexity index is 691. The molecule has 0 saturated carbocycles. The number of pyridine rings is 1. The Labute approximate surface area is 155 Å². The minimum Gasteiger partial charge on any atom is -0.368 e. The summed E-state index contributed by atoms with van der Waals surface area (Å²) in [5.74, 6) is 0.646. The Morgan fingerprint density at radius 3 is 2.50 bits per heavy atom. The number of rotatable bonds is 3. The molecule has 0 bridgehead atoms. The summed E-state index contributed by atoms with van der Waals surface area (Å²) in [5, 5.41) is 0. The van der Waals surface area contributed by atoms with Crippen LogP contribution < -0.4 is 10.6 Å². The zero-order valence-electron chi connectivity index (χ0n) is 16.1. The smallest absolute Gasteiger partial charge is 0.319 e. The largest absolute Gasteiger partial charge is 0.368 e. The highest BCUT2D eigenvalue weighted by Gasteiger charge is 2.37. The van der Waals surface area contributed by atoms with E-state index in [2.05, 4.69) is 13.8 Å². The number of carbonyl (C=O) groups excluding carboxylic acids is 2. The Balaban J connectivity index is 1.85. The average molecular weight is 359 g/mol. The number of carbonyl (C=O) groups is 2. The second-order valence-electron chi connectivity index (χ2n) is 8.39. The number of urea groups is 1. The molecule has 1 aromatic rings. The highest BCUT2D eigenvalue weighted by Crippen LogP contribution is 2.36. The van der Waals surface area contributed by atoms with E-state index in [1.807, 2.05) is 37.2 Å². The lowest BCUT2D eigenvalue weighted by Crippen LogP contribution is -2.52. The number of anilines is 1. The van der Waals surface area contributed by atoms with Crippen molar-refractivity contribution in [3.8, 4) is 0 Å². The SMILES string of the molecule is CN1CC(c2cccc(N3CCC(C)(C)CC3C(N)=O)n2)CN(C)C1=O. The molecule has 1 atom stereocenters. The maximum atomic E-state index is 12.0. The van der Waals surface area contributed by atoms with E-state index >= 15 is 0 Å². The van der Waals surface area contributed by atoms with E-state index in [-0.39, 0.29) is 29.3 Å². The van der Waals surface area contributed by atoms with Crippen LogP contribution in [0.4, 0.5) is 10.6 Å². The molecule has 3 heterocycles. The predicted molar refractivity (Wildman–Crippen MR) is 101 cm³/mol. The van der Waals surface area contributed by atoms with Crippen LogP contribution in [0, 0.1) is 5.41 Å². The summed E-state index contributed by atoms with van der Waals surface area (Å²) in [7, 11) is 3.62. The Kier molecular flexibility index (Phi) is 4.82. The molecular weight excluding hydrogens is 330 g/mol. The third kappa shape index (κ3) is 3.61. The van der Waals surface area contributed by atoms with Crippen molar-refractivity contribution in [2.75, 3.05) is 38.6 Å². The number of aromatic nitrogens is 1. The van der Waals surface area contributed by atoms with Crippen LogP contribution in [0.15, 0.2) is 18.2 Å². The normalized spacial score (nSPS) is 24.1. The van der Waals surface area contributed by atoms with E-state index < -0.39 is 0 Å². The van der Waals surface area contributed by atoms with Crippen molar-refractivity contribution in [1.82, 2.24) is 14.8 Å². The standard InChI is InChI=1S/C19H29N5O2/c1-19(2)8-9-24(15(10-19)17(20)25)16-7-5-6-14(21-16)13-11-22(3)18(26)23(4)12-13/h5-7,13,15H,8-12H2,1-4H3,(H2,20,25). The van der Waals surface area contributed by atoms with Gasteiger partial charge in [0, 0.05) is 45.3 Å². The third-order valence-corrected chi connectivity index (χ3v) is 5.59. The van der Waals surface area contributed by atoms with Crippen molar-refractivity contribution < 1.29 is 9.59 Å². The molecule has 2 fully saturated rings. The monoisotopic (exact) mass is 359 g/mol. The lowest BCUT2D eigenvalue weighted by atomic mass is 9.78. The topological polar surface area (TPSA) is 82.8 Å². The molecule has 1 aromatic heterocycles. The molecule has 142 valence electrons. The molecule has 0 radical (unpaired) electrons. The third-order valence-electron chi connectivity index (χ3n) is 5.59. The Morgan fingerprint density at radius 1 is 1.23 bits per heavy atom. The van der Waals surface area contributed by atoms with Crippen LogP contribution in [0.5, 0.6) is 0 Å². The van der Waals surface area contributed by atoms with Crippen molar-refractivity contribution in [2.24, 2.45) is 11.1 Å². The van der Waals surface area contributed by atoms with Crippen LogP contribution in [0.2, 0.25) is 0 Å². The van der Waals surface area contributed by atoms with E-state index in [0.717, 1.165) is 30.9 Å². The predicted octanol–water partition coefficient (Wildman–Crippen LogP) is 1.64. The van der Waals surface area contributed by atoms with E-state index in [4.69, 9.17) is 10.7 Å². The second-order valence-corrected chi connectivity index (χ2v) is 8.39. The highest BCUT2D eigenvalue weighted by atomic mass is 16.2. The number of primary amides is 1. The van der Waals surface area contributed by atoms with Gasteiger partial charge in [-0.1, -0.05) is 19.9 Å². The van der Waals surface area contributed by atoms with Gasteiger partial charge in [-0.3, -0.25) is 4.79 Å². The lowest BCUT2D eigenvalue weighted by Gasteiger charge is -2.43. The number of nitrogens with zero attached hydrogens (tertiary/aromatic N) is 4. The Morgan fingerprint density at radius 2 is 1.88 bits per heavy atom. The molecular formula is C19H29N5O2. The number of hydrogen-bond donors (Lipinski definition) is 1. The summed E-state index contributed by atoms with van der Waals surface area (Å²) >= 11 is 0. The van der Waals surface area contributed by atoms with Gasteiger partial charge < -0.3 is 20.4 Å². The fourth-order valence-electron chi connectivity index (χ4n) is 4.02. The van der Waals surface area contributed by atoms with Gasteiger partial charge in [0.1, 0.15) is 11.9 Å². The van der Waals surface area contributed by atoms with Crippen molar-refractivity contribution >= 4 is 17.8 Å². The van der Waals surface area contributed by atoms with Gasteiger partial charge in [-0.05, 0) is 30.4 Å². The molecule has 0 aromatic carbocycles. The van der Waals surface area contributed by atoms with Crippen LogP contribution in [0.3, 0.4) is 0 Å². The van der Waals surface area contributed by atoms with Gasteiger partial charge >= 0.3 is 6.03 Å². The second kappa shape index (κ2) is 6.78. The van der Waals surface area contributed by atoms with Crippen molar-refractivity contribution in [1.29, 1.82) is 0 Å². The molecule has 3 amide bonds. The summed E-state index contributed by atoms with van der Waals surface area (Å²) < 4.78 is 0. The summed E-state index contributed by atoms with van der Waals surface area (Å²) in [4.78, 5) is 34.3. The van der Waals surface area contributed by atoms with Crippen LogP contribution in [0.1, 0.15) is 38.3 Å². The molecule has 3 rings (SSSR count). The first-order chi connectivity index (χ1) is 12.2. The number of piperidine rings is 1. The first kappa shape index (κ1) is 18.5. The molecule has 2 N–H and O–H groups in total. The molecule has 0 aliphatic carbocycles. The van der Waals surface area contributed by atoms with Gasteiger partial charge in [-0.2, -0.15) is 0 Å². The molecule has 26 heavy (non-hydrogen) atoms. The van der Waals surface area contributed by atoms with E-state index in [1.165, 1.54) is 0 Å². The number of amides is 3. The maximum Gasteiger partial charge on any atom is 0.319 e. The molecule has 1 unspecified atom stereocenters. The van der Waals surface area contributed by atoms with Crippen LogP contribution in [0.25, 0.3) is 0 Å². The summed E-state index contributed by atoms with van der Waals surface area (Å²) in [6.45, 7) is 6.40. The van der Waals surface area contributed by atoms with E-state index in [1.54, 1.807) is 9.80 Å². The average Bonchev–Trinajstić information content (AvgIpc) is 2.58. The summed E-state index contributed by atoms with van der Waals surface area (Å²) in [6, 6.07) is 5.62. The van der Waals surface area contributed by atoms with Gasteiger partial charge in [-0.15, -0.1) is 0 Å². The molecule has 7 heteroatoms. The van der Waals surface area contributed by atoms with Crippen LogP contribution in [-0.4, -0.2) is 66.5 Å². The van der Waals surface area contributed by atoms with Gasteiger partial charge in [0.15, 0.2) is 0 Å². The minimum atomic E-state index is -0.334. The van der Waals surface area contributed by atoms with Crippen molar-refractivity contribution in [3.05, 3.63) is 23.9 Å². The van der Waals surface area contributed by atoms with Crippen molar-refractivity contribution in [3.63, 3.8) is 0 Å². The van der Waals surface area contributed by atoms with E-state index in [0.29, 0.717) is 13.1 Å². The number of likely N-dealkylation sites (N-methyl/N-ethyl adjacent to an activating group) is 2.